The third kappa shape index (κ3) is 4.18. The second-order valence-corrected chi connectivity index (χ2v) is 4.17. The van der Waals surface area contributed by atoms with Crippen LogP contribution in [0.1, 0.15) is 19.4 Å². The van der Waals surface area contributed by atoms with Crippen molar-refractivity contribution in [2.75, 3.05) is 14.1 Å². The fourth-order valence-corrected chi connectivity index (χ4v) is 1.52. The summed E-state index contributed by atoms with van der Waals surface area (Å²) in [6.45, 7) is 3.19. The van der Waals surface area contributed by atoms with Gasteiger partial charge in [-0.15, -0.1) is 0 Å². The number of hydrogen-bond donors (Lipinski definition) is 0. The van der Waals surface area contributed by atoms with E-state index in [-0.39, 0.29) is 5.75 Å². The van der Waals surface area contributed by atoms with Crippen molar-refractivity contribution >= 4 is 11.9 Å². The number of para-hydroxylation sites is 1. The van der Waals surface area contributed by atoms with Gasteiger partial charge in [-0.25, -0.2) is 0 Å². The maximum atomic E-state index is 11.1. The molecule has 1 aromatic rings. The molecule has 5 heteroatoms. The van der Waals surface area contributed by atoms with E-state index in [4.69, 9.17) is 9.47 Å². The molecule has 0 spiro atoms. The molecule has 0 aliphatic carbocycles. The minimum Gasteiger partial charge on any atom is -0.423 e. The second-order valence-electron chi connectivity index (χ2n) is 4.17. The van der Waals surface area contributed by atoms with Gasteiger partial charge in [0, 0.05) is 26.0 Å². The van der Waals surface area contributed by atoms with Crippen molar-refractivity contribution < 1.29 is 19.1 Å². The topological polar surface area (TPSA) is 55.8 Å². The van der Waals surface area contributed by atoms with Crippen molar-refractivity contribution in [1.82, 2.24) is 4.90 Å². The van der Waals surface area contributed by atoms with Crippen LogP contribution < -0.4 is 9.47 Å². The molecule has 0 N–H and O–H groups in total. The van der Waals surface area contributed by atoms with E-state index < -0.39 is 11.9 Å². The molecule has 0 bridgehead atoms. The molecular weight excluding hydrogens is 234 g/mol. The summed E-state index contributed by atoms with van der Waals surface area (Å²) in [5.41, 5.74) is 0.786. The number of esters is 2. The lowest BCUT2D eigenvalue weighted by Crippen LogP contribution is -2.14. The Hall–Kier alpha value is -1.88. The largest absolute Gasteiger partial charge is 0.423 e. The standard InChI is InChI=1S/C13H17NO4/c1-9(15)17-12-7-5-6-11(8-14(3)4)13(12)18-10(2)16/h5-7H,8H2,1-4H3. The van der Waals surface area contributed by atoms with Crippen LogP contribution >= 0.6 is 0 Å². The first-order valence-electron chi connectivity index (χ1n) is 5.53. The van der Waals surface area contributed by atoms with Crippen LogP contribution in [0.5, 0.6) is 11.5 Å². The highest BCUT2D eigenvalue weighted by atomic mass is 16.6. The van der Waals surface area contributed by atoms with E-state index in [2.05, 4.69) is 0 Å². The predicted octanol–water partition coefficient (Wildman–Crippen LogP) is 1.60. The molecule has 0 aliphatic heterocycles. The number of carbonyl (C=O) groups is 2. The summed E-state index contributed by atoms with van der Waals surface area (Å²) in [6, 6.07) is 5.17. The van der Waals surface area contributed by atoms with Gasteiger partial charge in [0.2, 0.25) is 0 Å². The summed E-state index contributed by atoms with van der Waals surface area (Å²) in [5.74, 6) is -0.342. The Morgan fingerprint density at radius 2 is 1.72 bits per heavy atom. The van der Waals surface area contributed by atoms with Crippen LogP contribution in [0.15, 0.2) is 18.2 Å². The minimum absolute atomic E-state index is 0.261. The van der Waals surface area contributed by atoms with Gasteiger partial charge in [0.05, 0.1) is 0 Å². The van der Waals surface area contributed by atoms with Crippen LogP contribution in [0, 0.1) is 0 Å². The lowest BCUT2D eigenvalue weighted by atomic mass is 10.1. The summed E-state index contributed by atoms with van der Waals surface area (Å²) < 4.78 is 10.2. The van der Waals surface area contributed by atoms with Gasteiger partial charge in [0.15, 0.2) is 11.5 Å². The van der Waals surface area contributed by atoms with Crippen molar-refractivity contribution in [3.05, 3.63) is 23.8 Å². The molecule has 5 nitrogen and oxygen atoms in total. The molecule has 18 heavy (non-hydrogen) atoms. The average molecular weight is 251 g/mol. The van der Waals surface area contributed by atoms with Gasteiger partial charge in [0.25, 0.3) is 0 Å². The Kier molecular flexibility index (Phi) is 4.85. The van der Waals surface area contributed by atoms with E-state index in [1.165, 1.54) is 13.8 Å². The van der Waals surface area contributed by atoms with E-state index in [0.717, 1.165) is 5.56 Å². The summed E-state index contributed by atoms with van der Waals surface area (Å²) in [4.78, 5) is 24.1. The third-order valence-electron chi connectivity index (χ3n) is 2.05. The van der Waals surface area contributed by atoms with Crippen LogP contribution in [0.4, 0.5) is 0 Å². The first kappa shape index (κ1) is 14.2. The molecule has 0 aliphatic rings. The Morgan fingerprint density at radius 3 is 2.22 bits per heavy atom. The van der Waals surface area contributed by atoms with Gasteiger partial charge in [-0.1, -0.05) is 12.1 Å². The zero-order chi connectivity index (χ0) is 13.7. The summed E-state index contributed by atoms with van der Waals surface area (Å²) in [7, 11) is 3.80. The molecule has 1 rings (SSSR count). The number of hydrogen-bond acceptors (Lipinski definition) is 5. The number of benzene rings is 1. The molecule has 0 aromatic heterocycles. The monoisotopic (exact) mass is 251 g/mol. The van der Waals surface area contributed by atoms with Crippen molar-refractivity contribution in [3.63, 3.8) is 0 Å². The normalized spacial score (nSPS) is 10.3. The maximum absolute atomic E-state index is 11.1. The summed E-state index contributed by atoms with van der Waals surface area (Å²) in [6.07, 6.45) is 0. The first-order valence-corrected chi connectivity index (χ1v) is 5.53. The van der Waals surface area contributed by atoms with E-state index in [0.29, 0.717) is 12.3 Å². The summed E-state index contributed by atoms with van der Waals surface area (Å²) in [5, 5.41) is 0. The molecule has 1 aromatic carbocycles. The Labute approximate surface area is 106 Å². The third-order valence-corrected chi connectivity index (χ3v) is 2.05. The smallest absolute Gasteiger partial charge is 0.308 e. The molecular formula is C13H17NO4. The number of carbonyl (C=O) groups excluding carboxylic acids is 2. The van der Waals surface area contributed by atoms with Crippen LogP contribution in [0.25, 0.3) is 0 Å². The van der Waals surface area contributed by atoms with Crippen molar-refractivity contribution in [2.24, 2.45) is 0 Å². The van der Waals surface area contributed by atoms with Crippen molar-refractivity contribution in [3.8, 4) is 11.5 Å². The maximum Gasteiger partial charge on any atom is 0.308 e. The first-order chi connectivity index (χ1) is 8.40. The van der Waals surface area contributed by atoms with Gasteiger partial charge in [-0.3, -0.25) is 9.59 Å². The highest BCUT2D eigenvalue weighted by Gasteiger charge is 2.15. The van der Waals surface area contributed by atoms with Gasteiger partial charge in [-0.2, -0.15) is 0 Å². The molecule has 0 saturated carbocycles. The van der Waals surface area contributed by atoms with Crippen LogP contribution in [0.2, 0.25) is 0 Å². The van der Waals surface area contributed by atoms with Gasteiger partial charge in [-0.05, 0) is 20.2 Å². The van der Waals surface area contributed by atoms with E-state index in [9.17, 15) is 9.59 Å². The van der Waals surface area contributed by atoms with E-state index >= 15 is 0 Å². The number of rotatable bonds is 4. The zero-order valence-electron chi connectivity index (χ0n) is 11.0. The van der Waals surface area contributed by atoms with E-state index in [1.807, 2.05) is 25.1 Å². The summed E-state index contributed by atoms with van der Waals surface area (Å²) >= 11 is 0. The van der Waals surface area contributed by atoms with Crippen LogP contribution in [-0.4, -0.2) is 30.9 Å². The molecule has 98 valence electrons. The van der Waals surface area contributed by atoms with Crippen molar-refractivity contribution in [1.29, 1.82) is 0 Å². The number of ether oxygens (including phenoxy) is 2. The van der Waals surface area contributed by atoms with Crippen molar-refractivity contribution in [2.45, 2.75) is 20.4 Å². The SMILES string of the molecule is CC(=O)Oc1cccc(CN(C)C)c1OC(C)=O. The molecule has 0 radical (unpaired) electrons. The highest BCUT2D eigenvalue weighted by molar-refractivity contribution is 5.74. The van der Waals surface area contributed by atoms with Crippen LogP contribution in [-0.2, 0) is 16.1 Å². The van der Waals surface area contributed by atoms with E-state index in [1.54, 1.807) is 12.1 Å². The number of nitrogens with zero attached hydrogens (tertiary/aromatic N) is 1. The lowest BCUT2D eigenvalue weighted by Gasteiger charge is -2.16. The quantitative estimate of drug-likeness (QED) is 0.601. The Bertz CT molecular complexity index is 454. The second kappa shape index (κ2) is 6.16. The van der Waals surface area contributed by atoms with Crippen LogP contribution in [0.3, 0.4) is 0 Å². The van der Waals surface area contributed by atoms with Gasteiger partial charge < -0.3 is 14.4 Å². The lowest BCUT2D eigenvalue weighted by molar-refractivity contribution is -0.134. The average Bonchev–Trinajstić information content (AvgIpc) is 2.20. The van der Waals surface area contributed by atoms with Gasteiger partial charge in [0.1, 0.15) is 0 Å². The predicted molar refractivity (Wildman–Crippen MR) is 66.5 cm³/mol. The Balaban J connectivity index is 3.15. The molecule has 0 fully saturated rings. The Morgan fingerprint density at radius 1 is 1.11 bits per heavy atom. The molecule has 0 heterocycles. The molecule has 0 amide bonds. The molecule has 0 atom stereocenters. The fraction of sp³-hybridized carbons (Fsp3) is 0.385. The molecule has 0 saturated heterocycles. The van der Waals surface area contributed by atoms with Gasteiger partial charge >= 0.3 is 11.9 Å². The zero-order valence-corrected chi connectivity index (χ0v) is 11.0. The fourth-order valence-electron chi connectivity index (χ4n) is 1.52. The minimum atomic E-state index is -0.453. The molecule has 0 unspecified atom stereocenters. The highest BCUT2D eigenvalue weighted by Crippen LogP contribution is 2.32.